The zero-order valence-electron chi connectivity index (χ0n) is 13.5. The fourth-order valence-electron chi connectivity index (χ4n) is 1.94. The monoisotopic (exact) mass is 308 g/mol. The highest BCUT2D eigenvalue weighted by molar-refractivity contribution is 5.86. The molecule has 22 heavy (non-hydrogen) atoms. The van der Waals surface area contributed by atoms with Crippen molar-refractivity contribution in [3.63, 3.8) is 0 Å². The molecule has 0 fully saturated rings. The number of aliphatic hydroxyl groups excluding tert-OH is 1. The lowest BCUT2D eigenvalue weighted by atomic mass is 10.0. The van der Waals surface area contributed by atoms with Crippen LogP contribution in [0.3, 0.4) is 0 Å². The average Bonchev–Trinajstić information content (AvgIpc) is 2.38. The van der Waals surface area contributed by atoms with E-state index in [1.807, 2.05) is 45.0 Å². The molecule has 1 aromatic rings. The van der Waals surface area contributed by atoms with Crippen LogP contribution in [0, 0.1) is 0 Å². The molecule has 0 bridgehead atoms. The first-order valence-electron chi connectivity index (χ1n) is 7.15. The molecule has 0 saturated heterocycles. The molecule has 6 nitrogen and oxygen atoms in total. The van der Waals surface area contributed by atoms with E-state index in [0.29, 0.717) is 6.42 Å². The van der Waals surface area contributed by atoms with Gasteiger partial charge in [0.2, 0.25) is 11.8 Å². The van der Waals surface area contributed by atoms with Crippen LogP contribution in [-0.4, -0.2) is 35.3 Å². The smallest absolute Gasteiger partial charge is 0.244 e. The minimum Gasteiger partial charge on any atom is -0.488 e. The summed E-state index contributed by atoms with van der Waals surface area (Å²) in [5, 5.41) is 13.6. The lowest BCUT2D eigenvalue weighted by molar-refractivity contribution is -0.128. The Balaban J connectivity index is 2.76. The van der Waals surface area contributed by atoms with Crippen LogP contribution >= 0.6 is 0 Å². The number of nitrogens with one attached hydrogen (secondary N) is 2. The highest BCUT2D eigenvalue weighted by atomic mass is 16.5. The number of carbonyl (C=O) groups is 2. The van der Waals surface area contributed by atoms with E-state index in [1.165, 1.54) is 6.92 Å². The van der Waals surface area contributed by atoms with Crippen LogP contribution in [0.2, 0.25) is 0 Å². The molecule has 1 atom stereocenters. The minimum absolute atomic E-state index is 0.277. The van der Waals surface area contributed by atoms with Gasteiger partial charge in [0.15, 0.2) is 0 Å². The first-order valence-corrected chi connectivity index (χ1v) is 7.15. The summed E-state index contributed by atoms with van der Waals surface area (Å²) < 4.78 is 5.73. The van der Waals surface area contributed by atoms with Gasteiger partial charge in [-0.05, 0) is 38.5 Å². The molecule has 0 aliphatic heterocycles. The third-order valence-corrected chi connectivity index (χ3v) is 2.73. The summed E-state index contributed by atoms with van der Waals surface area (Å²) in [6, 6.07) is 6.63. The van der Waals surface area contributed by atoms with Crippen molar-refractivity contribution in [3.05, 3.63) is 29.8 Å². The summed E-state index contributed by atoms with van der Waals surface area (Å²) in [6.07, 6.45) is 0.335. The van der Waals surface area contributed by atoms with Gasteiger partial charge < -0.3 is 20.5 Å². The third-order valence-electron chi connectivity index (χ3n) is 2.73. The maximum absolute atomic E-state index is 11.8. The SMILES string of the molecule is CC(=O)NC(Cc1ccc(OC(C)(C)C)cc1)C(=O)NCO. The van der Waals surface area contributed by atoms with Gasteiger partial charge in [0, 0.05) is 13.3 Å². The van der Waals surface area contributed by atoms with E-state index in [4.69, 9.17) is 9.84 Å². The number of ether oxygens (including phenoxy) is 1. The molecule has 6 heteroatoms. The summed E-state index contributed by atoms with van der Waals surface area (Å²) >= 11 is 0. The molecule has 1 rings (SSSR count). The predicted molar refractivity (Wildman–Crippen MR) is 83.4 cm³/mol. The number of hydrogen-bond donors (Lipinski definition) is 3. The lowest BCUT2D eigenvalue weighted by Crippen LogP contribution is -2.47. The molecular weight excluding hydrogens is 284 g/mol. The van der Waals surface area contributed by atoms with E-state index in [1.54, 1.807) is 0 Å². The van der Waals surface area contributed by atoms with Gasteiger partial charge in [-0.15, -0.1) is 0 Å². The molecular formula is C16H24N2O4. The Morgan fingerprint density at radius 2 is 1.82 bits per heavy atom. The van der Waals surface area contributed by atoms with Gasteiger partial charge >= 0.3 is 0 Å². The molecule has 3 N–H and O–H groups in total. The van der Waals surface area contributed by atoms with Crippen LogP contribution in [0.25, 0.3) is 0 Å². The standard InChI is InChI=1S/C16H24N2O4/c1-11(20)18-14(15(21)17-10-19)9-12-5-7-13(8-6-12)22-16(2,3)4/h5-8,14,19H,9-10H2,1-4H3,(H,17,21)(H,18,20). The van der Waals surface area contributed by atoms with Crippen molar-refractivity contribution in [1.29, 1.82) is 0 Å². The zero-order valence-corrected chi connectivity index (χ0v) is 13.5. The molecule has 0 spiro atoms. The Morgan fingerprint density at radius 3 is 2.27 bits per heavy atom. The predicted octanol–water partition coefficient (Wildman–Crippen LogP) is 0.977. The van der Waals surface area contributed by atoms with Gasteiger partial charge in [0.25, 0.3) is 0 Å². The summed E-state index contributed by atoms with van der Waals surface area (Å²) in [5.41, 5.74) is 0.606. The second kappa shape index (κ2) is 7.79. The van der Waals surface area contributed by atoms with Crippen molar-refractivity contribution in [3.8, 4) is 5.75 Å². The largest absolute Gasteiger partial charge is 0.488 e. The minimum atomic E-state index is -0.723. The molecule has 0 heterocycles. The highest BCUT2D eigenvalue weighted by Gasteiger charge is 2.19. The maximum atomic E-state index is 11.8. The number of aliphatic hydroxyl groups is 1. The Hall–Kier alpha value is -2.08. The van der Waals surface area contributed by atoms with E-state index in [2.05, 4.69) is 10.6 Å². The molecule has 0 aliphatic rings. The molecule has 0 aliphatic carbocycles. The van der Waals surface area contributed by atoms with Crippen molar-refractivity contribution >= 4 is 11.8 Å². The second-order valence-electron chi connectivity index (χ2n) is 6.01. The van der Waals surface area contributed by atoms with Crippen molar-refractivity contribution in [2.24, 2.45) is 0 Å². The normalized spacial score (nSPS) is 12.4. The maximum Gasteiger partial charge on any atom is 0.244 e. The third kappa shape index (κ3) is 6.58. The van der Waals surface area contributed by atoms with Crippen molar-refractivity contribution < 1.29 is 19.4 Å². The molecule has 0 radical (unpaired) electrons. The summed E-state index contributed by atoms with van der Waals surface area (Å²) in [6.45, 7) is 6.78. The Bertz CT molecular complexity index is 506. The van der Waals surface area contributed by atoms with E-state index >= 15 is 0 Å². The summed E-state index contributed by atoms with van der Waals surface area (Å²) in [7, 11) is 0. The van der Waals surface area contributed by atoms with Crippen LogP contribution in [0.4, 0.5) is 0 Å². The van der Waals surface area contributed by atoms with Gasteiger partial charge in [-0.2, -0.15) is 0 Å². The van der Waals surface area contributed by atoms with Gasteiger partial charge in [0.1, 0.15) is 24.1 Å². The molecule has 1 aromatic carbocycles. The fraction of sp³-hybridized carbons (Fsp3) is 0.500. The average molecular weight is 308 g/mol. The van der Waals surface area contributed by atoms with Crippen molar-refractivity contribution in [2.45, 2.75) is 45.8 Å². The van der Waals surface area contributed by atoms with Crippen LogP contribution in [0.1, 0.15) is 33.3 Å². The van der Waals surface area contributed by atoms with E-state index in [-0.39, 0.29) is 11.5 Å². The van der Waals surface area contributed by atoms with Gasteiger partial charge in [-0.3, -0.25) is 9.59 Å². The van der Waals surface area contributed by atoms with Crippen LogP contribution in [0.15, 0.2) is 24.3 Å². The quantitative estimate of drug-likeness (QED) is 0.684. The van der Waals surface area contributed by atoms with E-state index < -0.39 is 18.7 Å². The molecule has 0 saturated carbocycles. The first-order chi connectivity index (χ1) is 10.2. The number of amides is 2. The molecule has 1 unspecified atom stereocenters. The molecule has 0 aromatic heterocycles. The van der Waals surface area contributed by atoms with Crippen LogP contribution in [-0.2, 0) is 16.0 Å². The highest BCUT2D eigenvalue weighted by Crippen LogP contribution is 2.19. The van der Waals surface area contributed by atoms with Gasteiger partial charge in [-0.1, -0.05) is 12.1 Å². The summed E-state index contributed by atoms with van der Waals surface area (Å²) in [5.74, 6) is 0.0191. The van der Waals surface area contributed by atoms with E-state index in [0.717, 1.165) is 11.3 Å². The first kappa shape index (κ1) is 18.0. The number of carbonyl (C=O) groups excluding carboxylic acids is 2. The zero-order chi connectivity index (χ0) is 16.8. The fourth-order valence-corrected chi connectivity index (χ4v) is 1.94. The second-order valence-corrected chi connectivity index (χ2v) is 6.01. The Kier molecular flexibility index (Phi) is 6.37. The Morgan fingerprint density at radius 1 is 1.23 bits per heavy atom. The van der Waals surface area contributed by atoms with Crippen molar-refractivity contribution in [1.82, 2.24) is 10.6 Å². The van der Waals surface area contributed by atoms with E-state index in [9.17, 15) is 9.59 Å². The molecule has 122 valence electrons. The lowest BCUT2D eigenvalue weighted by Gasteiger charge is -2.21. The number of benzene rings is 1. The Labute approximate surface area is 130 Å². The molecule has 2 amide bonds. The summed E-state index contributed by atoms with van der Waals surface area (Å²) in [4.78, 5) is 23.0. The van der Waals surface area contributed by atoms with Crippen molar-refractivity contribution in [2.75, 3.05) is 6.73 Å². The van der Waals surface area contributed by atoms with Gasteiger partial charge in [-0.25, -0.2) is 0 Å². The number of hydrogen-bond acceptors (Lipinski definition) is 4. The van der Waals surface area contributed by atoms with Gasteiger partial charge in [0.05, 0.1) is 0 Å². The van der Waals surface area contributed by atoms with Crippen LogP contribution < -0.4 is 15.4 Å². The number of rotatable bonds is 6. The van der Waals surface area contributed by atoms with Crippen LogP contribution in [0.5, 0.6) is 5.75 Å². The topological polar surface area (TPSA) is 87.7 Å².